The molecule has 2 aromatic carbocycles. The first-order chi connectivity index (χ1) is 11.5. The molecule has 7 heteroatoms. The molecule has 124 valence electrons. The number of anilines is 2. The van der Waals surface area contributed by atoms with E-state index < -0.39 is 11.8 Å². The molecule has 1 fully saturated rings. The molecule has 24 heavy (non-hydrogen) atoms. The van der Waals surface area contributed by atoms with Crippen LogP contribution in [0, 0.1) is 5.82 Å². The Morgan fingerprint density at radius 1 is 1.21 bits per heavy atom. The molecule has 0 aliphatic carbocycles. The van der Waals surface area contributed by atoms with Gasteiger partial charge in [-0.05, 0) is 30.3 Å². The SMILES string of the molecule is O=C(Nc1ccc(Br)cc1F)NC1CC(=O)N(c2ccccc2)C1. The van der Waals surface area contributed by atoms with Crippen molar-refractivity contribution >= 4 is 39.2 Å². The minimum absolute atomic E-state index is 0.0543. The number of nitrogens with one attached hydrogen (secondary N) is 2. The van der Waals surface area contributed by atoms with Crippen LogP contribution in [0.1, 0.15) is 6.42 Å². The largest absolute Gasteiger partial charge is 0.333 e. The quantitative estimate of drug-likeness (QED) is 0.840. The van der Waals surface area contributed by atoms with Crippen molar-refractivity contribution in [3.05, 3.63) is 58.8 Å². The first-order valence-electron chi connectivity index (χ1n) is 7.41. The zero-order valence-corrected chi connectivity index (χ0v) is 14.2. The van der Waals surface area contributed by atoms with Gasteiger partial charge >= 0.3 is 6.03 Å². The van der Waals surface area contributed by atoms with Crippen LogP contribution in [0.3, 0.4) is 0 Å². The maximum absolute atomic E-state index is 13.7. The first kappa shape index (κ1) is 16.4. The molecule has 2 aromatic rings. The van der Waals surface area contributed by atoms with E-state index in [2.05, 4.69) is 26.6 Å². The van der Waals surface area contributed by atoms with E-state index in [9.17, 15) is 14.0 Å². The monoisotopic (exact) mass is 391 g/mol. The van der Waals surface area contributed by atoms with Crippen LogP contribution in [0.2, 0.25) is 0 Å². The third-order valence-corrected chi connectivity index (χ3v) is 4.20. The molecule has 1 aliphatic heterocycles. The summed E-state index contributed by atoms with van der Waals surface area (Å²) in [5.41, 5.74) is 0.881. The third-order valence-electron chi connectivity index (χ3n) is 3.71. The number of rotatable bonds is 3. The maximum atomic E-state index is 13.7. The zero-order valence-electron chi connectivity index (χ0n) is 12.6. The van der Waals surface area contributed by atoms with Crippen LogP contribution in [0.25, 0.3) is 0 Å². The van der Waals surface area contributed by atoms with Gasteiger partial charge in [-0.2, -0.15) is 0 Å². The average molecular weight is 392 g/mol. The molecule has 0 bridgehead atoms. The molecule has 3 amide bonds. The van der Waals surface area contributed by atoms with Crippen molar-refractivity contribution in [1.29, 1.82) is 0 Å². The Morgan fingerprint density at radius 2 is 1.96 bits per heavy atom. The van der Waals surface area contributed by atoms with E-state index in [1.165, 1.54) is 12.1 Å². The number of nitrogens with zero attached hydrogens (tertiary/aromatic N) is 1. The average Bonchev–Trinajstić information content (AvgIpc) is 2.91. The van der Waals surface area contributed by atoms with E-state index >= 15 is 0 Å². The van der Waals surface area contributed by atoms with Crippen LogP contribution < -0.4 is 15.5 Å². The van der Waals surface area contributed by atoms with Gasteiger partial charge in [0, 0.05) is 23.1 Å². The topological polar surface area (TPSA) is 61.4 Å². The fourth-order valence-electron chi connectivity index (χ4n) is 2.60. The molecule has 1 atom stereocenters. The predicted molar refractivity (Wildman–Crippen MR) is 93.5 cm³/mol. The number of benzene rings is 2. The molecule has 1 heterocycles. The normalized spacial score (nSPS) is 17.0. The van der Waals surface area contributed by atoms with Crippen molar-refractivity contribution in [1.82, 2.24) is 5.32 Å². The number of carbonyl (C=O) groups is 2. The van der Waals surface area contributed by atoms with E-state index in [1.807, 2.05) is 30.3 Å². The molecule has 3 rings (SSSR count). The van der Waals surface area contributed by atoms with Crippen molar-refractivity contribution in [2.45, 2.75) is 12.5 Å². The summed E-state index contributed by atoms with van der Waals surface area (Å²) in [5.74, 6) is -0.589. The summed E-state index contributed by atoms with van der Waals surface area (Å²) in [6, 6.07) is 12.8. The number of hydrogen-bond acceptors (Lipinski definition) is 2. The molecule has 0 radical (unpaired) electrons. The maximum Gasteiger partial charge on any atom is 0.319 e. The molecule has 2 N–H and O–H groups in total. The standard InChI is InChI=1S/C17H15BrFN3O2/c18-11-6-7-15(14(19)8-11)21-17(24)20-12-9-16(23)22(10-12)13-4-2-1-3-5-13/h1-8,12H,9-10H2,(H2,20,21,24). The van der Waals surface area contributed by atoms with Gasteiger partial charge in [-0.25, -0.2) is 9.18 Å². The fraction of sp³-hybridized carbons (Fsp3) is 0.176. The van der Waals surface area contributed by atoms with Gasteiger partial charge in [0.2, 0.25) is 5.91 Å². The van der Waals surface area contributed by atoms with E-state index in [0.717, 1.165) is 5.69 Å². The summed E-state index contributed by atoms with van der Waals surface area (Å²) >= 11 is 3.16. The lowest BCUT2D eigenvalue weighted by atomic mass is 10.2. The van der Waals surface area contributed by atoms with E-state index in [0.29, 0.717) is 11.0 Å². The molecule has 5 nitrogen and oxygen atoms in total. The molecule has 1 unspecified atom stereocenters. The third kappa shape index (κ3) is 3.73. The van der Waals surface area contributed by atoms with Crippen LogP contribution in [-0.2, 0) is 4.79 Å². The minimum Gasteiger partial charge on any atom is -0.333 e. The second-order valence-electron chi connectivity index (χ2n) is 5.46. The van der Waals surface area contributed by atoms with Gasteiger partial charge in [-0.15, -0.1) is 0 Å². The number of carbonyl (C=O) groups excluding carboxylic acids is 2. The van der Waals surface area contributed by atoms with Crippen molar-refractivity contribution in [3.63, 3.8) is 0 Å². The molecule has 1 aliphatic rings. The summed E-state index contributed by atoms with van der Waals surface area (Å²) < 4.78 is 14.3. The highest BCUT2D eigenvalue weighted by molar-refractivity contribution is 9.10. The zero-order chi connectivity index (χ0) is 17.1. The van der Waals surface area contributed by atoms with Crippen LogP contribution >= 0.6 is 15.9 Å². The molecule has 0 spiro atoms. The van der Waals surface area contributed by atoms with Gasteiger partial charge in [-0.1, -0.05) is 34.1 Å². The second-order valence-corrected chi connectivity index (χ2v) is 6.38. The summed E-state index contributed by atoms with van der Waals surface area (Å²) in [4.78, 5) is 25.8. The number of para-hydroxylation sites is 1. The van der Waals surface area contributed by atoms with Gasteiger partial charge < -0.3 is 15.5 Å². The highest BCUT2D eigenvalue weighted by atomic mass is 79.9. The molecular formula is C17H15BrFN3O2. The molecule has 1 saturated heterocycles. The lowest BCUT2D eigenvalue weighted by Gasteiger charge is -2.17. The summed E-state index contributed by atoms with van der Waals surface area (Å²) in [5, 5.41) is 5.17. The highest BCUT2D eigenvalue weighted by Gasteiger charge is 2.31. The summed E-state index contributed by atoms with van der Waals surface area (Å²) in [6.45, 7) is 0.388. The Hall–Kier alpha value is -2.41. The number of urea groups is 1. The van der Waals surface area contributed by atoms with Gasteiger partial charge in [0.05, 0.1) is 11.7 Å². The van der Waals surface area contributed by atoms with Crippen LogP contribution in [-0.4, -0.2) is 24.5 Å². The first-order valence-corrected chi connectivity index (χ1v) is 8.20. The van der Waals surface area contributed by atoms with Gasteiger partial charge in [0.15, 0.2) is 0 Å². The summed E-state index contributed by atoms with van der Waals surface area (Å²) in [7, 11) is 0. The number of hydrogen-bond donors (Lipinski definition) is 2. The molecule has 0 saturated carbocycles. The Balaban J connectivity index is 1.60. The number of halogens is 2. The lowest BCUT2D eigenvalue weighted by Crippen LogP contribution is -2.39. The minimum atomic E-state index is -0.538. The Labute approximate surface area is 147 Å². The van der Waals surface area contributed by atoms with Gasteiger partial charge in [0.25, 0.3) is 0 Å². The Morgan fingerprint density at radius 3 is 2.67 bits per heavy atom. The second kappa shape index (κ2) is 7.00. The summed E-state index contributed by atoms with van der Waals surface area (Å²) in [6.07, 6.45) is 0.213. The van der Waals surface area contributed by atoms with Gasteiger partial charge in [0.1, 0.15) is 5.82 Å². The van der Waals surface area contributed by atoms with E-state index in [-0.39, 0.29) is 24.1 Å². The van der Waals surface area contributed by atoms with Crippen LogP contribution in [0.4, 0.5) is 20.6 Å². The smallest absolute Gasteiger partial charge is 0.319 e. The van der Waals surface area contributed by atoms with E-state index in [1.54, 1.807) is 11.0 Å². The molecular weight excluding hydrogens is 377 g/mol. The predicted octanol–water partition coefficient (Wildman–Crippen LogP) is 3.52. The Kier molecular flexibility index (Phi) is 4.80. The van der Waals surface area contributed by atoms with Crippen molar-refractivity contribution in [3.8, 4) is 0 Å². The Bertz CT molecular complexity index is 770. The molecule has 0 aromatic heterocycles. The van der Waals surface area contributed by atoms with Crippen LogP contribution in [0.15, 0.2) is 53.0 Å². The van der Waals surface area contributed by atoms with Crippen molar-refractivity contribution in [2.24, 2.45) is 0 Å². The van der Waals surface area contributed by atoms with Crippen molar-refractivity contribution in [2.75, 3.05) is 16.8 Å². The van der Waals surface area contributed by atoms with E-state index in [4.69, 9.17) is 0 Å². The van der Waals surface area contributed by atoms with Gasteiger partial charge in [-0.3, -0.25) is 4.79 Å². The fourth-order valence-corrected chi connectivity index (χ4v) is 2.93. The van der Waals surface area contributed by atoms with Crippen LogP contribution in [0.5, 0.6) is 0 Å². The highest BCUT2D eigenvalue weighted by Crippen LogP contribution is 2.22. The lowest BCUT2D eigenvalue weighted by molar-refractivity contribution is -0.117. The number of amides is 3. The van der Waals surface area contributed by atoms with Crippen molar-refractivity contribution < 1.29 is 14.0 Å².